The van der Waals surface area contributed by atoms with E-state index in [1.807, 2.05) is 51.1 Å². The number of hydrogen-bond donors (Lipinski definition) is 2. The molecule has 1 amide bonds. The lowest BCUT2D eigenvalue weighted by atomic mass is 10.1. The van der Waals surface area contributed by atoms with E-state index in [2.05, 4.69) is 10.0 Å². The van der Waals surface area contributed by atoms with Gasteiger partial charge in [0.05, 0.1) is 10.9 Å². The molecule has 2 aromatic carbocycles. The van der Waals surface area contributed by atoms with E-state index in [1.54, 1.807) is 0 Å². The van der Waals surface area contributed by atoms with Crippen molar-refractivity contribution in [3.8, 4) is 0 Å². The van der Waals surface area contributed by atoms with Gasteiger partial charge in [0.1, 0.15) is 0 Å². The van der Waals surface area contributed by atoms with E-state index >= 15 is 0 Å². The molecular formula is C19H24N2O3S. The lowest BCUT2D eigenvalue weighted by Gasteiger charge is -2.14. The van der Waals surface area contributed by atoms with Gasteiger partial charge >= 0.3 is 0 Å². The zero-order chi connectivity index (χ0) is 18.4. The minimum absolute atomic E-state index is 0.134. The Balaban J connectivity index is 2.05. The Morgan fingerprint density at radius 1 is 0.960 bits per heavy atom. The van der Waals surface area contributed by atoms with Crippen LogP contribution in [0.1, 0.15) is 42.7 Å². The zero-order valence-electron chi connectivity index (χ0n) is 14.7. The first-order valence-corrected chi connectivity index (χ1v) is 9.73. The molecule has 0 aliphatic rings. The molecular weight excluding hydrogens is 336 g/mol. The molecule has 0 heterocycles. The average Bonchev–Trinajstić information content (AvgIpc) is 2.61. The first-order chi connectivity index (χ1) is 11.8. The second kappa shape index (κ2) is 8.27. The van der Waals surface area contributed by atoms with Gasteiger partial charge in [-0.3, -0.25) is 4.79 Å². The maximum Gasteiger partial charge on any atom is 0.251 e. The first-order valence-electron chi connectivity index (χ1n) is 8.25. The Hall–Kier alpha value is -2.18. The molecule has 6 heteroatoms. The lowest BCUT2D eigenvalue weighted by molar-refractivity contribution is 0.0940. The molecule has 0 aliphatic carbocycles. The van der Waals surface area contributed by atoms with Crippen molar-refractivity contribution in [2.45, 2.75) is 31.7 Å². The molecule has 0 radical (unpaired) electrons. The Morgan fingerprint density at radius 2 is 1.56 bits per heavy atom. The number of rotatable bonds is 7. The smallest absolute Gasteiger partial charge is 0.251 e. The second-order valence-electron chi connectivity index (χ2n) is 6.38. The Morgan fingerprint density at radius 3 is 2.12 bits per heavy atom. The van der Waals surface area contributed by atoms with Gasteiger partial charge < -0.3 is 5.32 Å². The number of sulfonamides is 1. The summed E-state index contributed by atoms with van der Waals surface area (Å²) >= 11 is 0. The molecule has 0 saturated heterocycles. The minimum atomic E-state index is -3.55. The number of carbonyl (C=O) groups excluding carboxylic acids is 1. The SMILES string of the molecule is CC(C)CNS(=O)(=O)c1ccc(C(=O)NC(C)c2ccccc2)cc1. The topological polar surface area (TPSA) is 75.3 Å². The van der Waals surface area contributed by atoms with E-state index < -0.39 is 10.0 Å². The first kappa shape index (κ1) is 19.1. The largest absolute Gasteiger partial charge is 0.346 e. The summed E-state index contributed by atoms with van der Waals surface area (Å²) in [5.41, 5.74) is 1.43. The fourth-order valence-electron chi connectivity index (χ4n) is 2.25. The maximum absolute atomic E-state index is 12.3. The van der Waals surface area contributed by atoms with E-state index in [9.17, 15) is 13.2 Å². The summed E-state index contributed by atoms with van der Waals surface area (Å²) in [5.74, 6) is -0.0188. The molecule has 0 aliphatic heterocycles. The summed E-state index contributed by atoms with van der Waals surface area (Å²) in [6, 6.07) is 15.5. The van der Waals surface area contributed by atoms with Crippen LogP contribution in [0.3, 0.4) is 0 Å². The predicted molar refractivity (Wildman–Crippen MR) is 98.8 cm³/mol. The normalized spacial score (nSPS) is 12.8. The molecule has 2 aromatic rings. The lowest BCUT2D eigenvalue weighted by Crippen LogP contribution is -2.28. The monoisotopic (exact) mass is 360 g/mol. The van der Waals surface area contributed by atoms with Crippen molar-refractivity contribution >= 4 is 15.9 Å². The highest BCUT2D eigenvalue weighted by Gasteiger charge is 2.16. The molecule has 134 valence electrons. The predicted octanol–water partition coefficient (Wildman–Crippen LogP) is 3.11. The van der Waals surface area contributed by atoms with Gasteiger partial charge in [0.2, 0.25) is 10.0 Å². The average molecular weight is 360 g/mol. The zero-order valence-corrected chi connectivity index (χ0v) is 15.5. The molecule has 5 nitrogen and oxygen atoms in total. The maximum atomic E-state index is 12.3. The molecule has 0 bridgehead atoms. The molecule has 1 atom stereocenters. The Bertz CT molecular complexity index is 800. The van der Waals surface area contributed by atoms with Crippen LogP contribution >= 0.6 is 0 Å². The van der Waals surface area contributed by atoms with Crippen molar-refractivity contribution in [3.05, 3.63) is 65.7 Å². The fourth-order valence-corrected chi connectivity index (χ4v) is 3.46. The van der Waals surface area contributed by atoms with Crippen LogP contribution < -0.4 is 10.0 Å². The van der Waals surface area contributed by atoms with Gasteiger partial charge in [-0.05, 0) is 42.7 Å². The Kier molecular flexibility index (Phi) is 6.33. The standard InChI is InChI=1S/C19H24N2O3S/c1-14(2)13-20-25(23,24)18-11-9-17(10-12-18)19(22)21-15(3)16-7-5-4-6-8-16/h4-12,14-15,20H,13H2,1-3H3,(H,21,22). The molecule has 1 unspecified atom stereocenters. The van der Waals surface area contributed by atoms with Gasteiger partial charge in [-0.15, -0.1) is 0 Å². The molecule has 0 saturated carbocycles. The Labute approximate surface area is 149 Å². The van der Waals surface area contributed by atoms with E-state index in [0.29, 0.717) is 12.1 Å². The van der Waals surface area contributed by atoms with Crippen LogP contribution in [-0.2, 0) is 10.0 Å². The minimum Gasteiger partial charge on any atom is -0.346 e. The molecule has 2 N–H and O–H groups in total. The highest BCUT2D eigenvalue weighted by molar-refractivity contribution is 7.89. The van der Waals surface area contributed by atoms with E-state index in [1.165, 1.54) is 24.3 Å². The summed E-state index contributed by atoms with van der Waals surface area (Å²) < 4.78 is 26.9. The highest BCUT2D eigenvalue weighted by Crippen LogP contribution is 2.14. The number of carbonyl (C=O) groups is 1. The van der Waals surface area contributed by atoms with E-state index in [-0.39, 0.29) is 22.8 Å². The molecule has 25 heavy (non-hydrogen) atoms. The van der Waals surface area contributed by atoms with Gasteiger partial charge in [-0.25, -0.2) is 13.1 Å². The van der Waals surface area contributed by atoms with Crippen molar-refractivity contribution in [2.24, 2.45) is 5.92 Å². The van der Waals surface area contributed by atoms with E-state index in [0.717, 1.165) is 5.56 Å². The van der Waals surface area contributed by atoms with Crippen LogP contribution in [-0.4, -0.2) is 20.9 Å². The third-order valence-electron chi connectivity index (χ3n) is 3.76. The summed E-state index contributed by atoms with van der Waals surface area (Å²) in [4.78, 5) is 12.5. The van der Waals surface area contributed by atoms with Crippen molar-refractivity contribution in [3.63, 3.8) is 0 Å². The summed E-state index contributed by atoms with van der Waals surface area (Å²) in [6.45, 7) is 6.15. The molecule has 0 aromatic heterocycles. The van der Waals surface area contributed by atoms with Gasteiger partial charge in [0, 0.05) is 12.1 Å². The number of nitrogens with one attached hydrogen (secondary N) is 2. The van der Waals surface area contributed by atoms with Crippen LogP contribution in [0, 0.1) is 5.92 Å². The van der Waals surface area contributed by atoms with Gasteiger partial charge in [-0.2, -0.15) is 0 Å². The van der Waals surface area contributed by atoms with Gasteiger partial charge in [-0.1, -0.05) is 44.2 Å². The molecule has 0 fully saturated rings. The van der Waals surface area contributed by atoms with Crippen molar-refractivity contribution in [2.75, 3.05) is 6.54 Å². The summed E-state index contributed by atoms with van der Waals surface area (Å²) in [6.07, 6.45) is 0. The van der Waals surface area contributed by atoms with Crippen LogP contribution in [0.25, 0.3) is 0 Å². The van der Waals surface area contributed by atoms with Crippen molar-refractivity contribution < 1.29 is 13.2 Å². The summed E-state index contributed by atoms with van der Waals surface area (Å²) in [5, 5.41) is 2.91. The van der Waals surface area contributed by atoms with Crippen LogP contribution in [0.2, 0.25) is 0 Å². The highest BCUT2D eigenvalue weighted by atomic mass is 32.2. The molecule has 0 spiro atoms. The fraction of sp³-hybridized carbons (Fsp3) is 0.316. The number of hydrogen-bond acceptors (Lipinski definition) is 3. The molecule has 2 rings (SSSR count). The van der Waals surface area contributed by atoms with Crippen LogP contribution in [0.5, 0.6) is 0 Å². The number of benzene rings is 2. The summed E-state index contributed by atoms with van der Waals surface area (Å²) in [7, 11) is -3.55. The quantitative estimate of drug-likeness (QED) is 0.797. The van der Waals surface area contributed by atoms with Crippen molar-refractivity contribution in [1.82, 2.24) is 10.0 Å². The van der Waals surface area contributed by atoms with Crippen molar-refractivity contribution in [1.29, 1.82) is 0 Å². The number of amides is 1. The van der Waals surface area contributed by atoms with Crippen LogP contribution in [0.15, 0.2) is 59.5 Å². The third-order valence-corrected chi connectivity index (χ3v) is 5.20. The second-order valence-corrected chi connectivity index (χ2v) is 8.14. The van der Waals surface area contributed by atoms with Gasteiger partial charge in [0.15, 0.2) is 0 Å². The third kappa shape index (κ3) is 5.41. The van der Waals surface area contributed by atoms with Crippen LogP contribution in [0.4, 0.5) is 0 Å². The van der Waals surface area contributed by atoms with E-state index in [4.69, 9.17) is 0 Å². The van der Waals surface area contributed by atoms with Gasteiger partial charge in [0.25, 0.3) is 5.91 Å².